The lowest BCUT2D eigenvalue weighted by Crippen LogP contribution is -2.46. The van der Waals surface area contributed by atoms with Crippen molar-refractivity contribution in [3.63, 3.8) is 0 Å². The highest BCUT2D eigenvalue weighted by atomic mass is 35.5. The summed E-state index contributed by atoms with van der Waals surface area (Å²) >= 11 is 12.7. The van der Waals surface area contributed by atoms with E-state index in [9.17, 15) is 9.59 Å². The summed E-state index contributed by atoms with van der Waals surface area (Å²) in [5.74, 6) is -0.642. The molecule has 1 aromatic heterocycles. The van der Waals surface area contributed by atoms with Crippen LogP contribution in [0.4, 0.5) is 21.9 Å². The van der Waals surface area contributed by atoms with Gasteiger partial charge in [-0.05, 0) is 67.6 Å². The van der Waals surface area contributed by atoms with E-state index in [2.05, 4.69) is 32.0 Å². The number of halogens is 2. The van der Waals surface area contributed by atoms with Crippen LogP contribution in [0.25, 0.3) is 0 Å². The standard InChI is InChI=1S/C34H35Cl2N7O5/c1-23-32(44)43(33(45)39(23)2)27-6-4-25(5-7-27)40-13-15-41(16-14-40)26-8-10-28(11-9-26)46-18-29-19-47-34(48-29,20-42-22-37-21-38-42)30-12-3-24(35)17-31(30)36/h3-12,17,21-23,29H,13-16,18-20H2,1-2H3/t23?,29-,34-/m1/s1. The molecule has 4 heterocycles. The van der Waals surface area contributed by atoms with Crippen molar-refractivity contribution in [3.05, 3.63) is 95.0 Å². The number of piperazine rings is 1. The van der Waals surface area contributed by atoms with E-state index in [0.717, 1.165) is 43.3 Å². The largest absolute Gasteiger partial charge is 0.491 e. The molecule has 1 unspecified atom stereocenters. The van der Waals surface area contributed by atoms with Gasteiger partial charge in [0.1, 0.15) is 43.7 Å². The third kappa shape index (κ3) is 6.28. The maximum absolute atomic E-state index is 12.6. The normalized spacial score (nSPS) is 23.0. The first kappa shape index (κ1) is 32.2. The lowest BCUT2D eigenvalue weighted by atomic mass is 10.1. The van der Waals surface area contributed by atoms with Gasteiger partial charge in [0.05, 0.1) is 17.3 Å². The van der Waals surface area contributed by atoms with Crippen molar-refractivity contribution in [1.82, 2.24) is 19.7 Å². The van der Waals surface area contributed by atoms with Crippen LogP contribution < -0.4 is 19.4 Å². The second-order valence-electron chi connectivity index (χ2n) is 12.1. The number of carbonyl (C=O) groups excluding carboxylic acids is 2. The van der Waals surface area contributed by atoms with Crippen LogP contribution >= 0.6 is 23.2 Å². The van der Waals surface area contributed by atoms with Gasteiger partial charge in [0.15, 0.2) is 0 Å². The SMILES string of the molecule is CC1C(=O)N(c2ccc(N3CCN(c4ccc(OC[C@@H]5CO[C@@](Cn6cncn6)(c6ccc(Cl)cc6Cl)O5)cc4)CC3)cc2)C(=O)N1C. The van der Waals surface area contributed by atoms with E-state index in [1.165, 1.54) is 16.1 Å². The summed E-state index contributed by atoms with van der Waals surface area (Å²) < 4.78 is 20.5. The Hall–Kier alpha value is -4.36. The fourth-order valence-electron chi connectivity index (χ4n) is 6.27. The number of hydrogen-bond donors (Lipinski definition) is 0. The Morgan fingerprint density at radius 1 is 0.917 bits per heavy atom. The highest BCUT2D eigenvalue weighted by Gasteiger charge is 2.46. The lowest BCUT2D eigenvalue weighted by Gasteiger charge is -2.37. The molecule has 4 aromatic rings. The number of rotatable bonds is 9. The van der Waals surface area contributed by atoms with Gasteiger partial charge in [0.2, 0.25) is 5.79 Å². The molecule has 3 amide bonds. The van der Waals surface area contributed by atoms with E-state index in [1.807, 2.05) is 36.4 Å². The molecule has 0 aliphatic carbocycles. The number of likely N-dealkylation sites (N-methyl/N-ethyl adjacent to an activating group) is 1. The molecule has 48 heavy (non-hydrogen) atoms. The summed E-state index contributed by atoms with van der Waals surface area (Å²) in [5, 5.41) is 5.18. The Morgan fingerprint density at radius 2 is 1.56 bits per heavy atom. The number of aromatic nitrogens is 3. The number of amides is 3. The molecule has 3 atom stereocenters. The van der Waals surface area contributed by atoms with Crippen LogP contribution in [0.5, 0.6) is 5.75 Å². The van der Waals surface area contributed by atoms with Crippen LogP contribution in [-0.2, 0) is 26.6 Å². The molecule has 0 saturated carbocycles. The number of anilines is 3. The van der Waals surface area contributed by atoms with Gasteiger partial charge < -0.3 is 28.9 Å². The van der Waals surface area contributed by atoms with Gasteiger partial charge in [-0.1, -0.05) is 29.3 Å². The first-order valence-corrected chi connectivity index (χ1v) is 16.5. The van der Waals surface area contributed by atoms with Crippen LogP contribution in [0.1, 0.15) is 12.5 Å². The van der Waals surface area contributed by atoms with E-state index in [4.69, 9.17) is 37.4 Å². The Morgan fingerprint density at radius 3 is 2.15 bits per heavy atom. The van der Waals surface area contributed by atoms with E-state index in [0.29, 0.717) is 27.9 Å². The number of ether oxygens (including phenoxy) is 3. The average Bonchev–Trinajstić information content (AvgIpc) is 3.81. The summed E-state index contributed by atoms with van der Waals surface area (Å²) in [6, 6.07) is 20.2. The minimum absolute atomic E-state index is 0.206. The summed E-state index contributed by atoms with van der Waals surface area (Å²) in [4.78, 5) is 36.5. The monoisotopic (exact) mass is 691 g/mol. The van der Waals surface area contributed by atoms with Crippen molar-refractivity contribution in [2.45, 2.75) is 31.4 Å². The smallest absolute Gasteiger partial charge is 0.331 e. The topological polar surface area (TPSA) is 106 Å². The molecule has 14 heteroatoms. The van der Waals surface area contributed by atoms with Crippen LogP contribution in [0.15, 0.2) is 79.4 Å². The van der Waals surface area contributed by atoms with E-state index < -0.39 is 11.8 Å². The van der Waals surface area contributed by atoms with Gasteiger partial charge in [0, 0.05) is 55.2 Å². The van der Waals surface area contributed by atoms with Crippen molar-refractivity contribution >= 4 is 52.2 Å². The fourth-order valence-corrected chi connectivity index (χ4v) is 6.82. The maximum atomic E-state index is 12.6. The Balaban J connectivity index is 0.925. The molecule has 3 aliphatic heterocycles. The predicted octanol–water partition coefficient (Wildman–Crippen LogP) is 5.05. The summed E-state index contributed by atoms with van der Waals surface area (Å²) in [6.45, 7) is 5.97. The minimum Gasteiger partial charge on any atom is -0.491 e. The number of nitrogens with zero attached hydrogens (tertiary/aromatic N) is 7. The van der Waals surface area contributed by atoms with Crippen LogP contribution in [-0.4, -0.2) is 90.2 Å². The zero-order valence-corrected chi connectivity index (χ0v) is 28.0. The molecule has 0 N–H and O–H groups in total. The average molecular weight is 693 g/mol. The van der Waals surface area contributed by atoms with Crippen LogP contribution in [0.2, 0.25) is 10.0 Å². The Bertz CT molecular complexity index is 1750. The van der Waals surface area contributed by atoms with Crippen molar-refractivity contribution < 1.29 is 23.8 Å². The number of hydrogen-bond acceptors (Lipinski definition) is 9. The van der Waals surface area contributed by atoms with Gasteiger partial charge in [-0.3, -0.25) is 4.79 Å². The molecule has 7 rings (SSSR count). The number of carbonyl (C=O) groups is 2. The molecule has 3 saturated heterocycles. The zero-order chi connectivity index (χ0) is 33.4. The first-order valence-electron chi connectivity index (χ1n) is 15.7. The quantitative estimate of drug-likeness (QED) is 0.223. The van der Waals surface area contributed by atoms with E-state index in [1.54, 1.807) is 43.2 Å². The van der Waals surface area contributed by atoms with Crippen molar-refractivity contribution in [2.24, 2.45) is 0 Å². The van der Waals surface area contributed by atoms with Crippen LogP contribution in [0.3, 0.4) is 0 Å². The van der Waals surface area contributed by atoms with Gasteiger partial charge >= 0.3 is 6.03 Å². The van der Waals surface area contributed by atoms with Gasteiger partial charge in [0.25, 0.3) is 5.91 Å². The lowest BCUT2D eigenvalue weighted by molar-refractivity contribution is -0.190. The Kier molecular flexibility index (Phi) is 8.90. The zero-order valence-electron chi connectivity index (χ0n) is 26.5. The van der Waals surface area contributed by atoms with Gasteiger partial charge in [-0.25, -0.2) is 19.4 Å². The second kappa shape index (κ2) is 13.3. The van der Waals surface area contributed by atoms with Crippen LogP contribution in [0, 0.1) is 0 Å². The molecule has 12 nitrogen and oxygen atoms in total. The third-order valence-corrected chi connectivity index (χ3v) is 9.63. The molecule has 3 fully saturated rings. The molecular weight excluding hydrogens is 657 g/mol. The molecule has 0 spiro atoms. The molecule has 3 aromatic carbocycles. The van der Waals surface area contributed by atoms with E-state index >= 15 is 0 Å². The van der Waals surface area contributed by atoms with Gasteiger partial charge in [-0.2, -0.15) is 5.10 Å². The first-order chi connectivity index (χ1) is 23.2. The van der Waals surface area contributed by atoms with Crippen molar-refractivity contribution in [2.75, 3.05) is 61.1 Å². The third-order valence-electron chi connectivity index (χ3n) is 9.08. The molecule has 0 radical (unpaired) electrons. The fraction of sp³-hybridized carbons (Fsp3) is 0.353. The second-order valence-corrected chi connectivity index (χ2v) is 12.9. The Labute approximate surface area is 288 Å². The predicted molar refractivity (Wildman–Crippen MR) is 182 cm³/mol. The number of benzene rings is 3. The molecular formula is C34H35Cl2N7O5. The summed E-state index contributed by atoms with van der Waals surface area (Å²) in [7, 11) is 1.65. The molecule has 250 valence electrons. The van der Waals surface area contributed by atoms with Crippen molar-refractivity contribution in [3.8, 4) is 5.75 Å². The number of imide groups is 1. The van der Waals surface area contributed by atoms with E-state index in [-0.39, 0.29) is 31.2 Å². The highest BCUT2D eigenvalue weighted by Crippen LogP contribution is 2.40. The molecule has 0 bridgehead atoms. The summed E-state index contributed by atoms with van der Waals surface area (Å²) in [5.41, 5.74) is 3.43. The number of urea groups is 1. The van der Waals surface area contributed by atoms with Crippen molar-refractivity contribution in [1.29, 1.82) is 0 Å². The minimum atomic E-state index is -1.17. The molecule has 3 aliphatic rings. The van der Waals surface area contributed by atoms with Gasteiger partial charge in [-0.15, -0.1) is 0 Å². The maximum Gasteiger partial charge on any atom is 0.331 e. The summed E-state index contributed by atoms with van der Waals surface area (Å²) in [6.07, 6.45) is 2.71. The highest BCUT2D eigenvalue weighted by molar-refractivity contribution is 6.35.